The van der Waals surface area contributed by atoms with Crippen molar-refractivity contribution in [2.24, 2.45) is 0 Å². The number of hydrogen-bond donors (Lipinski definition) is 1. The smallest absolute Gasteiger partial charge is 0.262 e. The quantitative estimate of drug-likeness (QED) is 0.898. The fourth-order valence-corrected chi connectivity index (χ4v) is 1.61. The maximum absolute atomic E-state index is 11.5. The first kappa shape index (κ1) is 12.0. The molecule has 0 saturated carbocycles. The number of carbonyl (C=O) groups is 1. The SMILES string of the molecule is N#Cc1ccc(OCC(=O)Nc2cnns2)cc1. The van der Waals surface area contributed by atoms with Gasteiger partial charge < -0.3 is 10.1 Å². The van der Waals surface area contributed by atoms with Crippen molar-refractivity contribution in [2.45, 2.75) is 0 Å². The van der Waals surface area contributed by atoms with E-state index in [1.807, 2.05) is 6.07 Å². The summed E-state index contributed by atoms with van der Waals surface area (Å²) in [6.45, 7) is -0.107. The molecule has 0 aliphatic carbocycles. The third kappa shape index (κ3) is 3.26. The van der Waals surface area contributed by atoms with Crippen LogP contribution in [-0.2, 0) is 4.79 Å². The lowest BCUT2D eigenvalue weighted by atomic mass is 10.2. The molecule has 0 spiro atoms. The van der Waals surface area contributed by atoms with E-state index >= 15 is 0 Å². The first-order valence-corrected chi connectivity index (χ1v) is 5.75. The molecule has 1 aromatic heterocycles. The van der Waals surface area contributed by atoms with Crippen LogP contribution in [0.3, 0.4) is 0 Å². The third-order valence-electron chi connectivity index (χ3n) is 1.98. The average molecular weight is 260 g/mol. The zero-order valence-electron chi connectivity index (χ0n) is 9.16. The van der Waals surface area contributed by atoms with Crippen LogP contribution in [0.5, 0.6) is 5.75 Å². The van der Waals surface area contributed by atoms with Gasteiger partial charge in [0.2, 0.25) is 0 Å². The molecule has 1 N–H and O–H groups in total. The van der Waals surface area contributed by atoms with Gasteiger partial charge in [-0.05, 0) is 24.3 Å². The van der Waals surface area contributed by atoms with Gasteiger partial charge in [-0.15, -0.1) is 5.10 Å². The van der Waals surface area contributed by atoms with Crippen molar-refractivity contribution in [3.8, 4) is 11.8 Å². The van der Waals surface area contributed by atoms with Gasteiger partial charge in [-0.2, -0.15) is 5.26 Å². The Morgan fingerprint density at radius 2 is 2.22 bits per heavy atom. The molecule has 1 aromatic carbocycles. The van der Waals surface area contributed by atoms with Crippen LogP contribution in [0.4, 0.5) is 5.00 Å². The Hall–Kier alpha value is -2.46. The fourth-order valence-electron chi connectivity index (χ4n) is 1.17. The Morgan fingerprint density at radius 1 is 1.44 bits per heavy atom. The number of amides is 1. The molecule has 0 atom stereocenters. The molecule has 2 rings (SSSR count). The van der Waals surface area contributed by atoms with E-state index in [0.717, 1.165) is 11.5 Å². The van der Waals surface area contributed by atoms with E-state index in [0.29, 0.717) is 16.3 Å². The second-order valence-corrected chi connectivity index (χ2v) is 4.04. The van der Waals surface area contributed by atoms with Crippen molar-refractivity contribution in [3.63, 3.8) is 0 Å². The molecule has 0 radical (unpaired) electrons. The maximum atomic E-state index is 11.5. The van der Waals surface area contributed by atoms with Crippen LogP contribution >= 0.6 is 11.5 Å². The summed E-state index contributed by atoms with van der Waals surface area (Å²) < 4.78 is 8.88. The number of hydrogen-bond acceptors (Lipinski definition) is 6. The van der Waals surface area contributed by atoms with Gasteiger partial charge in [-0.25, -0.2) is 0 Å². The Morgan fingerprint density at radius 3 is 2.83 bits per heavy atom. The topological polar surface area (TPSA) is 87.9 Å². The molecule has 0 unspecified atom stereocenters. The van der Waals surface area contributed by atoms with Crippen molar-refractivity contribution < 1.29 is 9.53 Å². The molecule has 0 bridgehead atoms. The molecule has 0 fully saturated rings. The largest absolute Gasteiger partial charge is 0.484 e. The van der Waals surface area contributed by atoms with Crippen LogP contribution in [0.1, 0.15) is 5.56 Å². The number of anilines is 1. The summed E-state index contributed by atoms with van der Waals surface area (Å²) in [4.78, 5) is 11.5. The van der Waals surface area contributed by atoms with E-state index in [2.05, 4.69) is 14.9 Å². The summed E-state index contributed by atoms with van der Waals surface area (Å²) in [5, 5.41) is 15.4. The summed E-state index contributed by atoms with van der Waals surface area (Å²) >= 11 is 1.09. The molecule has 0 aliphatic heterocycles. The monoisotopic (exact) mass is 260 g/mol. The van der Waals surface area contributed by atoms with Gasteiger partial charge in [0.15, 0.2) is 6.61 Å². The highest BCUT2D eigenvalue weighted by atomic mass is 32.1. The van der Waals surface area contributed by atoms with E-state index in [-0.39, 0.29) is 12.5 Å². The molecule has 1 heterocycles. The Kier molecular flexibility index (Phi) is 3.83. The maximum Gasteiger partial charge on any atom is 0.262 e. The summed E-state index contributed by atoms with van der Waals surface area (Å²) in [5.74, 6) is 0.247. The minimum atomic E-state index is -0.287. The van der Waals surface area contributed by atoms with Gasteiger partial charge in [0.25, 0.3) is 5.91 Å². The second kappa shape index (κ2) is 5.75. The van der Waals surface area contributed by atoms with Crippen LogP contribution in [-0.4, -0.2) is 22.1 Å². The zero-order chi connectivity index (χ0) is 12.8. The standard InChI is InChI=1S/C11H8N4O2S/c12-5-8-1-3-9(4-2-8)17-7-10(16)14-11-6-13-15-18-11/h1-4,6H,7H2,(H,14,16). The number of nitrogens with one attached hydrogen (secondary N) is 1. The molecule has 1 amide bonds. The lowest BCUT2D eigenvalue weighted by molar-refractivity contribution is -0.118. The van der Waals surface area contributed by atoms with Crippen molar-refractivity contribution in [2.75, 3.05) is 11.9 Å². The third-order valence-corrected chi connectivity index (χ3v) is 2.56. The molecular weight excluding hydrogens is 252 g/mol. The van der Waals surface area contributed by atoms with Crippen molar-refractivity contribution in [1.29, 1.82) is 5.26 Å². The molecule has 0 saturated heterocycles. The van der Waals surface area contributed by atoms with Gasteiger partial charge in [0.05, 0.1) is 17.8 Å². The van der Waals surface area contributed by atoms with E-state index in [9.17, 15) is 4.79 Å². The van der Waals surface area contributed by atoms with Crippen LogP contribution in [0, 0.1) is 11.3 Å². The number of carbonyl (C=O) groups excluding carboxylic acids is 1. The Bertz CT molecular complexity index is 560. The van der Waals surface area contributed by atoms with Gasteiger partial charge >= 0.3 is 0 Å². The summed E-state index contributed by atoms with van der Waals surface area (Å²) in [5.41, 5.74) is 0.544. The van der Waals surface area contributed by atoms with Gasteiger partial charge in [0, 0.05) is 11.5 Å². The van der Waals surface area contributed by atoms with Crippen LogP contribution in [0.25, 0.3) is 0 Å². The van der Waals surface area contributed by atoms with Crippen LogP contribution in [0.15, 0.2) is 30.5 Å². The fraction of sp³-hybridized carbons (Fsp3) is 0.0909. The highest BCUT2D eigenvalue weighted by molar-refractivity contribution is 7.10. The second-order valence-electron chi connectivity index (χ2n) is 3.25. The van der Waals surface area contributed by atoms with E-state index in [4.69, 9.17) is 10.00 Å². The number of rotatable bonds is 4. The number of nitriles is 1. The van der Waals surface area contributed by atoms with Gasteiger partial charge in [-0.1, -0.05) is 4.49 Å². The van der Waals surface area contributed by atoms with Gasteiger partial charge in [0.1, 0.15) is 10.8 Å². The lowest BCUT2D eigenvalue weighted by Gasteiger charge is -2.05. The molecule has 7 heteroatoms. The molecule has 6 nitrogen and oxygen atoms in total. The average Bonchev–Trinajstić information content (AvgIpc) is 2.90. The van der Waals surface area contributed by atoms with Crippen molar-refractivity contribution in [3.05, 3.63) is 36.0 Å². The predicted octanol–water partition coefficient (Wildman–Crippen LogP) is 1.43. The molecule has 2 aromatic rings. The van der Waals surface area contributed by atoms with Crippen LogP contribution < -0.4 is 10.1 Å². The lowest BCUT2D eigenvalue weighted by Crippen LogP contribution is -2.19. The summed E-state index contributed by atoms with van der Waals surface area (Å²) in [7, 11) is 0. The molecule has 0 aliphatic rings. The number of ether oxygens (including phenoxy) is 1. The van der Waals surface area contributed by atoms with Crippen molar-refractivity contribution in [1.82, 2.24) is 9.59 Å². The zero-order valence-corrected chi connectivity index (χ0v) is 9.98. The molecule has 90 valence electrons. The minimum Gasteiger partial charge on any atom is -0.484 e. The van der Waals surface area contributed by atoms with E-state index < -0.39 is 0 Å². The summed E-state index contributed by atoms with van der Waals surface area (Å²) in [6.07, 6.45) is 1.46. The summed E-state index contributed by atoms with van der Waals surface area (Å²) in [6, 6.07) is 8.53. The normalized spacial score (nSPS) is 9.50. The van der Waals surface area contributed by atoms with Crippen LogP contribution in [0.2, 0.25) is 0 Å². The highest BCUT2D eigenvalue weighted by Crippen LogP contribution is 2.12. The number of nitrogens with zero attached hydrogens (tertiary/aromatic N) is 3. The molecular formula is C11H8N4O2S. The Balaban J connectivity index is 1.83. The number of aromatic nitrogens is 2. The Labute approximate surface area is 107 Å². The first-order valence-electron chi connectivity index (χ1n) is 4.98. The number of benzene rings is 1. The molecule has 18 heavy (non-hydrogen) atoms. The van der Waals surface area contributed by atoms with E-state index in [1.54, 1.807) is 24.3 Å². The predicted molar refractivity (Wildman–Crippen MR) is 65.2 cm³/mol. The van der Waals surface area contributed by atoms with Crippen molar-refractivity contribution >= 4 is 22.4 Å². The van der Waals surface area contributed by atoms with E-state index in [1.165, 1.54) is 6.20 Å². The highest BCUT2D eigenvalue weighted by Gasteiger charge is 2.05. The first-order chi connectivity index (χ1) is 8.78. The minimum absolute atomic E-state index is 0.107. The van der Waals surface area contributed by atoms with Gasteiger partial charge in [-0.3, -0.25) is 4.79 Å².